The largest absolute Gasteiger partial charge is 0.480 e. The van der Waals surface area contributed by atoms with Crippen molar-refractivity contribution >= 4 is 28.0 Å². The Hall–Kier alpha value is -2.45. The second kappa shape index (κ2) is 8.96. The van der Waals surface area contributed by atoms with Gasteiger partial charge >= 0.3 is 12.1 Å². The van der Waals surface area contributed by atoms with E-state index in [2.05, 4.69) is 20.9 Å². The quantitative estimate of drug-likeness (QED) is 0.649. The van der Waals surface area contributed by atoms with E-state index in [1.54, 1.807) is 11.1 Å². The number of aliphatic carboxylic acids is 1. The van der Waals surface area contributed by atoms with Crippen LogP contribution in [0.2, 0.25) is 0 Å². The van der Waals surface area contributed by atoms with Gasteiger partial charge in [0.1, 0.15) is 18.8 Å². The highest BCUT2D eigenvalue weighted by atomic mass is 79.9. The van der Waals surface area contributed by atoms with Gasteiger partial charge < -0.3 is 19.5 Å². The van der Waals surface area contributed by atoms with Crippen LogP contribution in [0.3, 0.4) is 0 Å². The minimum Gasteiger partial charge on any atom is -0.480 e. The monoisotopic (exact) mass is 488 g/mol. The normalized spacial score (nSPS) is 18.9. The van der Waals surface area contributed by atoms with Gasteiger partial charge in [-0.25, -0.2) is 9.59 Å². The van der Waals surface area contributed by atoms with Crippen molar-refractivity contribution in [3.63, 3.8) is 0 Å². The summed E-state index contributed by atoms with van der Waals surface area (Å²) in [5, 5.41) is 9.11. The van der Waals surface area contributed by atoms with Crippen molar-refractivity contribution in [1.82, 2.24) is 9.88 Å². The van der Waals surface area contributed by atoms with Gasteiger partial charge in [0.05, 0.1) is 5.69 Å². The zero-order valence-corrected chi connectivity index (χ0v) is 18.7. The Balaban J connectivity index is 1.34. The SMILES string of the molecule is O=C(O)COC1(c2ccc(Br)cn2)CC2(CCN(C(=O)OCc3ccccc3)CC2)C1. The third kappa shape index (κ3) is 4.91. The van der Waals surface area contributed by atoms with Crippen LogP contribution in [-0.2, 0) is 26.5 Å². The number of carbonyl (C=O) groups is 2. The molecule has 7 nitrogen and oxygen atoms in total. The second-order valence-electron chi connectivity index (χ2n) is 8.42. The number of ether oxygens (including phenoxy) is 2. The zero-order valence-electron chi connectivity index (χ0n) is 17.1. The smallest absolute Gasteiger partial charge is 0.410 e. The highest BCUT2D eigenvalue weighted by molar-refractivity contribution is 9.10. The van der Waals surface area contributed by atoms with E-state index in [1.165, 1.54) is 0 Å². The predicted octanol–water partition coefficient (Wildman–Crippen LogP) is 4.35. The lowest BCUT2D eigenvalue weighted by Crippen LogP contribution is -2.57. The summed E-state index contributed by atoms with van der Waals surface area (Å²) in [6.07, 6.45) is 4.49. The summed E-state index contributed by atoms with van der Waals surface area (Å²) in [7, 11) is 0. The van der Waals surface area contributed by atoms with Gasteiger partial charge in [-0.05, 0) is 64.7 Å². The van der Waals surface area contributed by atoms with E-state index in [0.29, 0.717) is 25.9 Å². The van der Waals surface area contributed by atoms with E-state index in [4.69, 9.17) is 14.6 Å². The number of pyridine rings is 1. The molecule has 1 saturated carbocycles. The van der Waals surface area contributed by atoms with E-state index in [1.807, 2.05) is 42.5 Å². The van der Waals surface area contributed by atoms with Crippen LogP contribution in [-0.4, -0.2) is 46.7 Å². The fourth-order valence-electron chi connectivity index (χ4n) is 4.69. The number of hydrogen-bond donors (Lipinski definition) is 1. The van der Waals surface area contributed by atoms with Crippen LogP contribution in [0.15, 0.2) is 53.1 Å². The molecule has 4 rings (SSSR count). The number of carbonyl (C=O) groups excluding carboxylic acids is 1. The number of carboxylic acid groups (broad SMARTS) is 1. The average molecular weight is 489 g/mol. The Kier molecular flexibility index (Phi) is 6.29. The van der Waals surface area contributed by atoms with Gasteiger partial charge in [0.25, 0.3) is 0 Å². The minimum atomic E-state index is -0.992. The van der Waals surface area contributed by atoms with Crippen molar-refractivity contribution in [3.05, 3.63) is 64.4 Å². The Morgan fingerprint density at radius 3 is 2.42 bits per heavy atom. The zero-order chi connectivity index (χ0) is 21.9. The van der Waals surface area contributed by atoms with Crippen LogP contribution in [0.5, 0.6) is 0 Å². The lowest BCUT2D eigenvalue weighted by molar-refractivity contribution is -0.200. The number of aromatic nitrogens is 1. The number of halogens is 1. The standard InChI is InChI=1S/C23H25BrN2O5/c24-18-6-7-19(25-12-18)23(31-14-20(27)28)15-22(16-23)8-10-26(11-9-22)21(29)30-13-17-4-2-1-3-5-17/h1-7,12H,8-11,13-16H2,(H,27,28). The molecule has 1 aromatic carbocycles. The molecule has 2 aromatic rings. The van der Waals surface area contributed by atoms with Crippen LogP contribution in [0.1, 0.15) is 36.9 Å². The maximum Gasteiger partial charge on any atom is 0.410 e. The Bertz CT molecular complexity index is 919. The second-order valence-corrected chi connectivity index (χ2v) is 9.33. The number of benzene rings is 1. The number of piperidine rings is 1. The first-order valence-electron chi connectivity index (χ1n) is 10.3. The molecule has 1 aliphatic carbocycles. The summed E-state index contributed by atoms with van der Waals surface area (Å²) in [5.74, 6) is -0.992. The Morgan fingerprint density at radius 1 is 1.10 bits per heavy atom. The van der Waals surface area contributed by atoms with Gasteiger partial charge in [0.2, 0.25) is 0 Å². The number of rotatable bonds is 6. The lowest BCUT2D eigenvalue weighted by atomic mass is 9.54. The molecule has 0 atom stereocenters. The predicted molar refractivity (Wildman–Crippen MR) is 116 cm³/mol. The molecule has 0 bridgehead atoms. The minimum absolute atomic E-state index is 0.0312. The fourth-order valence-corrected chi connectivity index (χ4v) is 4.92. The van der Waals surface area contributed by atoms with Gasteiger partial charge in [0.15, 0.2) is 0 Å². The maximum atomic E-state index is 12.4. The topological polar surface area (TPSA) is 89.0 Å². The van der Waals surface area contributed by atoms with E-state index < -0.39 is 11.6 Å². The van der Waals surface area contributed by atoms with Crippen molar-refractivity contribution < 1.29 is 24.2 Å². The highest BCUT2D eigenvalue weighted by Crippen LogP contribution is 2.60. The van der Waals surface area contributed by atoms with Crippen LogP contribution in [0.25, 0.3) is 0 Å². The molecule has 2 heterocycles. The number of likely N-dealkylation sites (tertiary alicyclic amines) is 1. The molecule has 0 radical (unpaired) electrons. The van der Waals surface area contributed by atoms with Crippen molar-refractivity contribution in [2.75, 3.05) is 19.7 Å². The van der Waals surface area contributed by atoms with Crippen molar-refractivity contribution in [3.8, 4) is 0 Å². The van der Waals surface area contributed by atoms with Gasteiger partial charge in [-0.1, -0.05) is 30.3 Å². The van der Waals surface area contributed by atoms with Crippen molar-refractivity contribution in [2.45, 2.75) is 37.9 Å². The molecule has 8 heteroatoms. The molecule has 164 valence electrons. The van der Waals surface area contributed by atoms with Crippen molar-refractivity contribution in [1.29, 1.82) is 0 Å². The molecule has 1 aromatic heterocycles. The van der Waals surface area contributed by atoms with Crippen LogP contribution >= 0.6 is 15.9 Å². The molecule has 1 saturated heterocycles. The number of nitrogens with zero attached hydrogens (tertiary/aromatic N) is 2. The summed E-state index contributed by atoms with van der Waals surface area (Å²) in [6, 6.07) is 13.4. The highest BCUT2D eigenvalue weighted by Gasteiger charge is 2.58. The molecule has 31 heavy (non-hydrogen) atoms. The average Bonchev–Trinajstić information content (AvgIpc) is 2.76. The first-order chi connectivity index (χ1) is 14.9. The molecule has 1 spiro atoms. The first-order valence-corrected chi connectivity index (χ1v) is 11.1. The maximum absolute atomic E-state index is 12.4. The van der Waals surface area contributed by atoms with Crippen LogP contribution in [0.4, 0.5) is 4.79 Å². The molecule has 2 fully saturated rings. The number of hydrogen-bond acceptors (Lipinski definition) is 5. The molecular formula is C23H25BrN2O5. The third-order valence-corrected chi connectivity index (χ3v) is 6.74. The van der Waals surface area contributed by atoms with E-state index in [9.17, 15) is 9.59 Å². The van der Waals surface area contributed by atoms with Crippen molar-refractivity contribution in [2.24, 2.45) is 5.41 Å². The van der Waals surface area contributed by atoms with E-state index in [0.717, 1.165) is 28.6 Å². The van der Waals surface area contributed by atoms with E-state index >= 15 is 0 Å². The summed E-state index contributed by atoms with van der Waals surface area (Å²) in [4.78, 5) is 29.8. The van der Waals surface area contributed by atoms with Gasteiger partial charge in [-0.3, -0.25) is 4.98 Å². The van der Waals surface area contributed by atoms with Crippen LogP contribution < -0.4 is 0 Å². The van der Waals surface area contributed by atoms with E-state index in [-0.39, 0.29) is 24.7 Å². The number of amides is 1. The first kappa shape index (κ1) is 21.8. The Morgan fingerprint density at radius 2 is 1.81 bits per heavy atom. The summed E-state index contributed by atoms with van der Waals surface area (Å²) >= 11 is 3.39. The van der Waals surface area contributed by atoms with Gasteiger partial charge in [-0.2, -0.15) is 0 Å². The van der Waals surface area contributed by atoms with Gasteiger partial charge in [-0.15, -0.1) is 0 Å². The molecule has 1 N–H and O–H groups in total. The number of carboxylic acids is 1. The fraction of sp³-hybridized carbons (Fsp3) is 0.435. The molecule has 0 unspecified atom stereocenters. The third-order valence-electron chi connectivity index (χ3n) is 6.27. The lowest BCUT2D eigenvalue weighted by Gasteiger charge is -2.58. The molecular weight excluding hydrogens is 464 g/mol. The molecule has 2 aliphatic rings. The van der Waals surface area contributed by atoms with Crippen LogP contribution in [0, 0.1) is 5.41 Å². The molecule has 1 amide bonds. The van der Waals surface area contributed by atoms with Gasteiger partial charge in [0, 0.05) is 23.8 Å². The molecule has 1 aliphatic heterocycles. The summed E-state index contributed by atoms with van der Waals surface area (Å²) in [5.41, 5.74) is 1.07. The summed E-state index contributed by atoms with van der Waals surface area (Å²) in [6.45, 7) is 1.15. The Labute approximate surface area is 189 Å². The summed E-state index contributed by atoms with van der Waals surface area (Å²) < 4.78 is 12.2.